The molecule has 3 N–H and O–H groups in total. The molecule has 0 spiro atoms. The average Bonchev–Trinajstić information content (AvgIpc) is 3.13. The summed E-state index contributed by atoms with van der Waals surface area (Å²) in [5.41, 5.74) is -0.0418. The lowest BCUT2D eigenvalue weighted by Gasteiger charge is -2.36. The van der Waals surface area contributed by atoms with E-state index < -0.39 is 62.1 Å². The summed E-state index contributed by atoms with van der Waals surface area (Å²) in [6.45, 7) is 0.00282. The molecule has 0 fully saturated rings. The molecular weight excluding hydrogens is 673 g/mol. The third-order valence-corrected chi connectivity index (χ3v) is 9.93. The van der Waals surface area contributed by atoms with E-state index in [0.29, 0.717) is 23.5 Å². The van der Waals surface area contributed by atoms with Gasteiger partial charge in [-0.2, -0.15) is 0 Å². The molecule has 6 rings (SSSR count). The lowest BCUT2D eigenvalue weighted by molar-refractivity contribution is 0.0614. The normalized spacial score (nSPS) is 13.8. The van der Waals surface area contributed by atoms with Gasteiger partial charge in [0.2, 0.25) is 0 Å². The van der Waals surface area contributed by atoms with Gasteiger partial charge in [0.05, 0.1) is 33.2 Å². The maximum absolute atomic E-state index is 14.7. The Bertz CT molecular complexity index is 2240. The fourth-order valence-electron chi connectivity index (χ4n) is 6.21. The van der Waals surface area contributed by atoms with Crippen LogP contribution in [0.2, 0.25) is 0 Å². The molecular formula is C39H32N2O9S. The molecule has 1 aliphatic carbocycles. The zero-order valence-corrected chi connectivity index (χ0v) is 27.9. The quantitative estimate of drug-likeness (QED) is 0.135. The minimum atomic E-state index is -4.45. The highest BCUT2D eigenvalue weighted by Gasteiger charge is 2.34. The number of fused-ring (bicyclic) bond motifs is 1. The highest BCUT2D eigenvalue weighted by molar-refractivity contribution is 7.90. The average molecular weight is 705 g/mol. The molecule has 5 aromatic carbocycles. The first-order chi connectivity index (χ1) is 24.5. The zero-order valence-electron chi connectivity index (χ0n) is 27.1. The molecule has 0 aromatic heterocycles. The van der Waals surface area contributed by atoms with Crippen LogP contribution in [0.5, 0.6) is 11.5 Å². The van der Waals surface area contributed by atoms with Crippen molar-refractivity contribution in [3.05, 3.63) is 160 Å². The van der Waals surface area contributed by atoms with Crippen molar-refractivity contribution in [1.82, 2.24) is 9.62 Å². The summed E-state index contributed by atoms with van der Waals surface area (Å²) in [6.07, 6.45) is 2.08. The first kappa shape index (κ1) is 34.6. The van der Waals surface area contributed by atoms with Gasteiger partial charge < -0.3 is 19.8 Å². The van der Waals surface area contributed by atoms with E-state index in [1.807, 2.05) is 47.2 Å². The number of rotatable bonds is 11. The molecule has 5 aromatic rings. The maximum Gasteiger partial charge on any atom is 0.336 e. The third kappa shape index (κ3) is 7.66. The molecule has 0 unspecified atom stereocenters. The van der Waals surface area contributed by atoms with Gasteiger partial charge in [-0.25, -0.2) is 22.7 Å². The van der Waals surface area contributed by atoms with Gasteiger partial charge in [-0.1, -0.05) is 72.8 Å². The van der Waals surface area contributed by atoms with E-state index in [1.54, 1.807) is 42.5 Å². The van der Waals surface area contributed by atoms with Crippen molar-refractivity contribution >= 4 is 33.8 Å². The lowest BCUT2D eigenvalue weighted by Crippen LogP contribution is -2.37. The van der Waals surface area contributed by atoms with Crippen LogP contribution in [0.1, 0.15) is 77.0 Å². The van der Waals surface area contributed by atoms with Gasteiger partial charge in [0.25, 0.3) is 21.8 Å². The number of carboxylic acid groups (broad SMARTS) is 2. The lowest BCUT2D eigenvalue weighted by atomic mass is 9.86. The molecule has 12 heteroatoms. The van der Waals surface area contributed by atoms with E-state index >= 15 is 0 Å². The van der Waals surface area contributed by atoms with Crippen molar-refractivity contribution in [2.75, 3.05) is 0 Å². The van der Waals surface area contributed by atoms with Crippen molar-refractivity contribution in [2.24, 2.45) is 0 Å². The summed E-state index contributed by atoms with van der Waals surface area (Å²) in [6, 6.07) is 31.9. The van der Waals surface area contributed by atoms with Crippen LogP contribution in [-0.2, 0) is 23.0 Å². The number of nitrogens with zero attached hydrogens (tertiary/aromatic N) is 1. The molecule has 1 aliphatic rings. The highest BCUT2D eigenvalue weighted by atomic mass is 32.2. The molecule has 0 heterocycles. The summed E-state index contributed by atoms with van der Waals surface area (Å²) in [4.78, 5) is 54.4. The van der Waals surface area contributed by atoms with E-state index in [-0.39, 0.29) is 11.4 Å². The van der Waals surface area contributed by atoms with Gasteiger partial charge in [-0.3, -0.25) is 9.59 Å². The number of carbonyl (C=O) groups is 4. The van der Waals surface area contributed by atoms with Gasteiger partial charge in [-0.15, -0.1) is 0 Å². The van der Waals surface area contributed by atoms with E-state index in [2.05, 4.69) is 0 Å². The number of sulfonamides is 1. The SMILES string of the molecule is O=C(O)c1cc(C(=O)N(Cc2cccc(Oc3ccccc3)c2)[C@H]2CCCc3ccccc32)c(C(=O)O)cc1C(=O)NS(=O)(=O)c1ccccc1. The molecule has 0 aliphatic heterocycles. The van der Waals surface area contributed by atoms with Crippen LogP contribution in [0, 0.1) is 0 Å². The van der Waals surface area contributed by atoms with Crippen LogP contribution < -0.4 is 9.46 Å². The molecule has 0 saturated heterocycles. The van der Waals surface area contributed by atoms with Crippen LogP contribution in [0.25, 0.3) is 0 Å². The number of hydrogen-bond donors (Lipinski definition) is 3. The summed E-state index contributed by atoms with van der Waals surface area (Å²) in [5, 5.41) is 20.4. The summed E-state index contributed by atoms with van der Waals surface area (Å²) >= 11 is 0. The maximum atomic E-state index is 14.7. The van der Waals surface area contributed by atoms with Crippen molar-refractivity contribution < 1.29 is 42.5 Å². The van der Waals surface area contributed by atoms with E-state index in [9.17, 15) is 37.8 Å². The van der Waals surface area contributed by atoms with E-state index in [0.717, 1.165) is 36.1 Å². The molecule has 0 bridgehead atoms. The van der Waals surface area contributed by atoms with Gasteiger partial charge in [0.15, 0.2) is 0 Å². The molecule has 0 saturated carbocycles. The fraction of sp³-hybridized carbons (Fsp3) is 0.128. The number of nitrogens with one attached hydrogen (secondary N) is 1. The highest BCUT2D eigenvalue weighted by Crippen LogP contribution is 2.37. The van der Waals surface area contributed by atoms with Gasteiger partial charge >= 0.3 is 11.9 Å². The van der Waals surface area contributed by atoms with Gasteiger partial charge in [-0.05, 0) is 84.5 Å². The Morgan fingerprint density at radius 2 is 1.31 bits per heavy atom. The number of para-hydroxylation sites is 1. The Morgan fingerprint density at radius 1 is 0.706 bits per heavy atom. The standard InChI is InChI=1S/C39H32N2O9S/c42-36(40-51(48,49)29-17-5-2-6-18-29)31-22-34(39(46)47)32(23-33(31)38(44)45)37(43)41(35-20-10-13-26-12-7-8-19-30(26)35)24-25-11-9-16-28(21-25)50-27-14-3-1-4-15-27/h1-9,11-12,14-19,21-23,35H,10,13,20,24H2,(H,40,42)(H,44,45)(H,46,47)/t35-/m0/s1. The Hall–Kier alpha value is -6.27. The smallest absolute Gasteiger partial charge is 0.336 e. The van der Waals surface area contributed by atoms with Crippen LogP contribution in [0.3, 0.4) is 0 Å². The van der Waals surface area contributed by atoms with Crippen LogP contribution in [-0.4, -0.2) is 47.3 Å². The van der Waals surface area contributed by atoms with Crippen molar-refractivity contribution in [3.8, 4) is 11.5 Å². The zero-order chi connectivity index (χ0) is 36.1. The van der Waals surface area contributed by atoms with Crippen molar-refractivity contribution in [1.29, 1.82) is 0 Å². The topological polar surface area (TPSA) is 167 Å². The Kier molecular flexibility index (Phi) is 9.96. The minimum absolute atomic E-state index is 0.00282. The monoisotopic (exact) mass is 704 g/mol. The number of amides is 2. The summed E-state index contributed by atoms with van der Waals surface area (Å²) in [5.74, 6) is -4.31. The number of carboxylic acids is 2. The molecule has 51 heavy (non-hydrogen) atoms. The largest absolute Gasteiger partial charge is 0.478 e. The summed E-state index contributed by atoms with van der Waals surface area (Å²) < 4.78 is 33.6. The molecule has 1 atom stereocenters. The number of aryl methyl sites for hydroxylation is 1. The minimum Gasteiger partial charge on any atom is -0.478 e. The van der Waals surface area contributed by atoms with Crippen molar-refractivity contribution in [3.63, 3.8) is 0 Å². The number of benzene rings is 5. The predicted molar refractivity (Wildman–Crippen MR) is 186 cm³/mol. The molecule has 0 radical (unpaired) electrons. The Balaban J connectivity index is 1.42. The fourth-order valence-corrected chi connectivity index (χ4v) is 7.20. The number of ether oxygens (including phenoxy) is 1. The van der Waals surface area contributed by atoms with Crippen molar-refractivity contribution in [2.45, 2.75) is 36.7 Å². The number of carbonyl (C=O) groups excluding carboxylic acids is 2. The van der Waals surface area contributed by atoms with Crippen LogP contribution in [0.15, 0.2) is 126 Å². The first-order valence-electron chi connectivity index (χ1n) is 16.0. The van der Waals surface area contributed by atoms with E-state index in [4.69, 9.17) is 4.74 Å². The second-order valence-electron chi connectivity index (χ2n) is 11.9. The van der Waals surface area contributed by atoms with Gasteiger partial charge in [0, 0.05) is 6.54 Å². The third-order valence-electron chi connectivity index (χ3n) is 8.58. The first-order valence-corrected chi connectivity index (χ1v) is 17.5. The second-order valence-corrected chi connectivity index (χ2v) is 13.6. The van der Waals surface area contributed by atoms with Crippen LogP contribution in [0.4, 0.5) is 0 Å². The molecule has 258 valence electrons. The number of aromatic carboxylic acids is 2. The van der Waals surface area contributed by atoms with E-state index in [1.165, 1.54) is 29.2 Å². The molecule has 2 amide bonds. The van der Waals surface area contributed by atoms with Gasteiger partial charge in [0.1, 0.15) is 11.5 Å². The molecule has 11 nitrogen and oxygen atoms in total. The van der Waals surface area contributed by atoms with Crippen LogP contribution >= 0.6 is 0 Å². The second kappa shape index (κ2) is 14.7. The predicted octanol–water partition coefficient (Wildman–Crippen LogP) is 6.71. The summed E-state index contributed by atoms with van der Waals surface area (Å²) in [7, 11) is -4.45. The Labute approximate surface area is 293 Å². The Morgan fingerprint density at radius 3 is 2.02 bits per heavy atom. The number of hydrogen-bond acceptors (Lipinski definition) is 7.